The van der Waals surface area contributed by atoms with Gasteiger partial charge in [0.05, 0.1) is 0 Å². The fraction of sp³-hybridized carbons (Fsp3) is 1.00. The Morgan fingerprint density at radius 3 is 1.40 bits per heavy atom. The lowest BCUT2D eigenvalue weighted by Gasteiger charge is -2.39. The molecule has 0 amide bonds. The zero-order valence-corrected chi connectivity index (χ0v) is 6.03. The minimum Gasteiger partial charge on any atom is -0.0496 e. The first-order chi connectivity index (χ1) is 4.98. The van der Waals surface area contributed by atoms with Gasteiger partial charge in [-0.05, 0) is 60.2 Å². The van der Waals surface area contributed by atoms with Crippen LogP contribution >= 0.6 is 0 Å². The SMILES string of the molecule is C1C[C@H]2C3C4[C@@H]5[C@@H]4[C@H]2[C@H]5[C@@H]13. The number of rotatable bonds is 0. The molecular formula is C10H12. The van der Waals surface area contributed by atoms with E-state index in [0.717, 1.165) is 0 Å². The lowest BCUT2D eigenvalue weighted by Crippen LogP contribution is -2.34. The molecule has 0 saturated heterocycles. The van der Waals surface area contributed by atoms with Crippen molar-refractivity contribution in [2.75, 3.05) is 0 Å². The fourth-order valence-corrected chi connectivity index (χ4v) is 5.99. The topological polar surface area (TPSA) is 0 Å². The molecular weight excluding hydrogens is 120 g/mol. The first-order valence-electron chi connectivity index (χ1n) is 4.98. The van der Waals surface area contributed by atoms with E-state index in [0.29, 0.717) is 0 Å². The average molecular weight is 132 g/mol. The number of hydrogen-bond donors (Lipinski definition) is 0. The molecule has 6 saturated carbocycles. The zero-order chi connectivity index (χ0) is 6.03. The lowest BCUT2D eigenvalue weighted by atomic mass is 9.66. The smallest absolute Gasteiger partial charge is 0.0312 e. The van der Waals surface area contributed by atoms with Gasteiger partial charge in [0, 0.05) is 0 Å². The summed E-state index contributed by atoms with van der Waals surface area (Å²) in [6.45, 7) is 0. The van der Waals surface area contributed by atoms with Gasteiger partial charge < -0.3 is 0 Å². The molecule has 6 aliphatic carbocycles. The van der Waals surface area contributed by atoms with Crippen LogP contribution in [0.15, 0.2) is 0 Å². The standard InChI is InChI=1S/C10H12/c1-2-4-5-3(1)6-7(4)10-8(5)9(6)10/h3-10H,1-2H2/t3-,4-,5?,6+,7+,8?,9+,10+/m0/s1. The van der Waals surface area contributed by atoms with E-state index < -0.39 is 0 Å². The van der Waals surface area contributed by atoms with Crippen LogP contribution in [0.4, 0.5) is 0 Å². The molecule has 0 unspecified atom stereocenters. The fourth-order valence-electron chi connectivity index (χ4n) is 5.99. The Morgan fingerprint density at radius 1 is 0.500 bits per heavy atom. The van der Waals surface area contributed by atoms with E-state index in [1.165, 1.54) is 47.3 Å². The van der Waals surface area contributed by atoms with Crippen LogP contribution in [-0.2, 0) is 0 Å². The summed E-state index contributed by atoms with van der Waals surface area (Å²) in [5.74, 6) is 10.4. The van der Waals surface area contributed by atoms with Gasteiger partial charge in [-0.15, -0.1) is 0 Å². The van der Waals surface area contributed by atoms with Crippen molar-refractivity contribution in [1.82, 2.24) is 0 Å². The molecule has 0 heteroatoms. The van der Waals surface area contributed by atoms with Crippen LogP contribution in [0.5, 0.6) is 0 Å². The molecule has 0 aliphatic heterocycles. The highest BCUT2D eigenvalue weighted by Crippen LogP contribution is 2.91. The van der Waals surface area contributed by atoms with Crippen LogP contribution in [0, 0.1) is 47.3 Å². The Labute approximate surface area is 61.0 Å². The molecule has 6 aliphatic rings. The Balaban J connectivity index is 1.90. The molecule has 0 radical (unpaired) electrons. The summed E-state index contributed by atoms with van der Waals surface area (Å²) in [5.41, 5.74) is 0. The van der Waals surface area contributed by atoms with E-state index in [1.807, 2.05) is 0 Å². The van der Waals surface area contributed by atoms with Crippen molar-refractivity contribution >= 4 is 0 Å². The van der Waals surface area contributed by atoms with Gasteiger partial charge in [-0.1, -0.05) is 0 Å². The molecule has 6 fully saturated rings. The maximum absolute atomic E-state index is 1.64. The van der Waals surface area contributed by atoms with Crippen LogP contribution in [0.2, 0.25) is 0 Å². The van der Waals surface area contributed by atoms with Crippen molar-refractivity contribution in [2.24, 2.45) is 47.3 Å². The highest BCUT2D eigenvalue weighted by molar-refractivity contribution is 5.34. The van der Waals surface area contributed by atoms with Gasteiger partial charge in [0.2, 0.25) is 0 Å². The summed E-state index contributed by atoms with van der Waals surface area (Å²) in [6, 6.07) is 0. The normalized spacial score (nSPS) is 91.2. The summed E-state index contributed by atoms with van der Waals surface area (Å²) in [6.07, 6.45) is 3.27. The first kappa shape index (κ1) is 4.13. The van der Waals surface area contributed by atoms with Crippen LogP contribution in [-0.4, -0.2) is 0 Å². The highest BCUT2D eigenvalue weighted by Gasteiger charge is 2.87. The minimum atomic E-state index is 1.27. The summed E-state index contributed by atoms with van der Waals surface area (Å²) in [7, 11) is 0. The lowest BCUT2D eigenvalue weighted by molar-refractivity contribution is 0.0851. The third-order valence-electron chi connectivity index (χ3n) is 5.78. The van der Waals surface area contributed by atoms with Crippen LogP contribution < -0.4 is 0 Å². The molecule has 52 valence electrons. The Bertz CT molecular complexity index is 216. The van der Waals surface area contributed by atoms with Crippen LogP contribution in [0.1, 0.15) is 12.8 Å². The van der Waals surface area contributed by atoms with Gasteiger partial charge in [0.25, 0.3) is 0 Å². The largest absolute Gasteiger partial charge is 0.0496 e. The molecule has 0 spiro atoms. The molecule has 0 aromatic rings. The maximum Gasteiger partial charge on any atom is -0.0312 e. The summed E-state index contributed by atoms with van der Waals surface area (Å²) in [4.78, 5) is 0. The molecule has 6 rings (SSSR count). The van der Waals surface area contributed by atoms with Crippen molar-refractivity contribution < 1.29 is 0 Å². The second-order valence-electron chi connectivity index (χ2n) is 5.37. The van der Waals surface area contributed by atoms with Gasteiger partial charge in [-0.25, -0.2) is 0 Å². The van der Waals surface area contributed by atoms with Gasteiger partial charge in [-0.3, -0.25) is 0 Å². The first-order valence-corrected chi connectivity index (χ1v) is 4.98. The minimum absolute atomic E-state index is 1.27. The summed E-state index contributed by atoms with van der Waals surface area (Å²) >= 11 is 0. The van der Waals surface area contributed by atoms with E-state index in [9.17, 15) is 0 Å². The summed E-state index contributed by atoms with van der Waals surface area (Å²) < 4.78 is 0. The molecule has 0 heterocycles. The molecule has 5 bridgehead atoms. The van der Waals surface area contributed by atoms with E-state index in [4.69, 9.17) is 0 Å². The average Bonchev–Trinajstić information content (AvgIpc) is 2.37. The van der Waals surface area contributed by atoms with E-state index in [-0.39, 0.29) is 0 Å². The van der Waals surface area contributed by atoms with Crippen LogP contribution in [0.3, 0.4) is 0 Å². The molecule has 0 nitrogen and oxygen atoms in total. The Morgan fingerprint density at radius 2 is 1.00 bits per heavy atom. The molecule has 6 atom stereocenters. The molecule has 10 heavy (non-hydrogen) atoms. The summed E-state index contributed by atoms with van der Waals surface area (Å²) in [5, 5.41) is 0. The molecule has 0 aromatic carbocycles. The van der Waals surface area contributed by atoms with Gasteiger partial charge in [0.1, 0.15) is 0 Å². The third kappa shape index (κ3) is 0.177. The quantitative estimate of drug-likeness (QED) is 0.471. The van der Waals surface area contributed by atoms with Crippen molar-refractivity contribution in [3.8, 4) is 0 Å². The van der Waals surface area contributed by atoms with Crippen LogP contribution in [0.25, 0.3) is 0 Å². The third-order valence-corrected chi connectivity index (χ3v) is 5.78. The monoisotopic (exact) mass is 132 g/mol. The van der Waals surface area contributed by atoms with E-state index in [1.54, 1.807) is 12.8 Å². The van der Waals surface area contributed by atoms with E-state index >= 15 is 0 Å². The predicted molar refractivity (Wildman–Crippen MR) is 37.2 cm³/mol. The van der Waals surface area contributed by atoms with Gasteiger partial charge >= 0.3 is 0 Å². The Hall–Kier alpha value is 0. The van der Waals surface area contributed by atoms with Gasteiger partial charge in [-0.2, -0.15) is 0 Å². The predicted octanol–water partition coefficient (Wildman–Crippen LogP) is 1.76. The second kappa shape index (κ2) is 0.852. The number of hydrogen-bond acceptors (Lipinski definition) is 0. The van der Waals surface area contributed by atoms with Crippen molar-refractivity contribution in [3.05, 3.63) is 0 Å². The van der Waals surface area contributed by atoms with E-state index in [2.05, 4.69) is 0 Å². The highest BCUT2D eigenvalue weighted by atomic mass is 14.9. The van der Waals surface area contributed by atoms with Crippen molar-refractivity contribution in [1.29, 1.82) is 0 Å². The van der Waals surface area contributed by atoms with Crippen molar-refractivity contribution in [3.63, 3.8) is 0 Å². The maximum atomic E-state index is 1.64. The van der Waals surface area contributed by atoms with Gasteiger partial charge in [0.15, 0.2) is 0 Å². The molecule has 0 N–H and O–H groups in total. The second-order valence-corrected chi connectivity index (χ2v) is 5.37. The Kier molecular flexibility index (Phi) is 0.352. The zero-order valence-electron chi connectivity index (χ0n) is 6.03. The molecule has 0 aromatic heterocycles. The van der Waals surface area contributed by atoms with Crippen molar-refractivity contribution in [2.45, 2.75) is 12.8 Å².